The van der Waals surface area contributed by atoms with Gasteiger partial charge in [0.05, 0.1) is 25.4 Å². The summed E-state index contributed by atoms with van der Waals surface area (Å²) in [5.74, 6) is 0. The number of aliphatic hydroxyl groups is 1. The van der Waals surface area contributed by atoms with Gasteiger partial charge in [0.15, 0.2) is 0 Å². The second-order valence-electron chi connectivity index (χ2n) is 6.29. The molecule has 0 unspecified atom stereocenters. The molecule has 0 spiro atoms. The summed E-state index contributed by atoms with van der Waals surface area (Å²) in [4.78, 5) is 11.9. The second-order valence-corrected chi connectivity index (χ2v) is 6.29. The van der Waals surface area contributed by atoms with Crippen molar-refractivity contribution < 1.29 is 19.4 Å². The minimum absolute atomic E-state index is 0.244. The second kappa shape index (κ2) is 9.33. The first-order valence-electron chi connectivity index (χ1n) is 7.72. The summed E-state index contributed by atoms with van der Waals surface area (Å²) in [7, 11) is 0. The number of nitrogens with one attached hydrogen (secondary N) is 1. The predicted octanol–water partition coefficient (Wildman–Crippen LogP) is 3.03. The maximum atomic E-state index is 11.9. The molecular weight excluding hydrogens is 294 g/mol. The number of carbonyl (C=O) groups excluding carboxylic acids is 1. The van der Waals surface area contributed by atoms with Gasteiger partial charge in [-0.1, -0.05) is 36.4 Å². The monoisotopic (exact) mass is 321 g/mol. The molecule has 0 saturated heterocycles. The summed E-state index contributed by atoms with van der Waals surface area (Å²) in [5, 5.41) is 12.2. The largest absolute Gasteiger partial charge is 0.444 e. The summed E-state index contributed by atoms with van der Waals surface area (Å²) in [6, 6.07) is 9.16. The lowest BCUT2D eigenvalue weighted by Gasteiger charge is -2.28. The molecule has 0 bridgehead atoms. The van der Waals surface area contributed by atoms with Gasteiger partial charge in [-0.2, -0.15) is 0 Å². The molecular formula is C18H27NO4. The van der Waals surface area contributed by atoms with Crippen LogP contribution < -0.4 is 5.32 Å². The van der Waals surface area contributed by atoms with Crippen LogP contribution in [-0.2, 0) is 16.1 Å². The van der Waals surface area contributed by atoms with Crippen molar-refractivity contribution >= 4 is 6.09 Å². The number of amides is 1. The van der Waals surface area contributed by atoms with E-state index in [1.54, 1.807) is 26.8 Å². The minimum Gasteiger partial charge on any atom is -0.444 e. The molecule has 0 aliphatic carbocycles. The Kier molecular flexibility index (Phi) is 7.78. The Morgan fingerprint density at radius 3 is 2.52 bits per heavy atom. The molecule has 5 nitrogen and oxygen atoms in total. The molecule has 23 heavy (non-hydrogen) atoms. The van der Waals surface area contributed by atoms with Gasteiger partial charge in [0.25, 0.3) is 0 Å². The molecule has 0 aliphatic heterocycles. The fraction of sp³-hybridized carbons (Fsp3) is 0.500. The van der Waals surface area contributed by atoms with E-state index in [0.29, 0.717) is 13.0 Å². The molecule has 0 radical (unpaired) electrons. The van der Waals surface area contributed by atoms with Crippen molar-refractivity contribution in [2.24, 2.45) is 0 Å². The SMILES string of the molecule is C=CC[C@@H](OCc1ccccc1)[C@@H](CO)NC(=O)OC(C)(C)C. The highest BCUT2D eigenvalue weighted by molar-refractivity contribution is 5.68. The first-order chi connectivity index (χ1) is 10.9. The van der Waals surface area contributed by atoms with Crippen LogP contribution in [0, 0.1) is 0 Å². The Balaban J connectivity index is 2.64. The quantitative estimate of drug-likeness (QED) is 0.722. The number of hydrogen-bond acceptors (Lipinski definition) is 4. The summed E-state index contributed by atoms with van der Waals surface area (Å²) < 4.78 is 11.1. The minimum atomic E-state index is -0.594. The van der Waals surface area contributed by atoms with E-state index in [2.05, 4.69) is 11.9 Å². The molecule has 2 N–H and O–H groups in total. The van der Waals surface area contributed by atoms with Crippen LogP contribution in [-0.4, -0.2) is 35.6 Å². The van der Waals surface area contributed by atoms with Crippen molar-refractivity contribution in [2.45, 2.75) is 51.5 Å². The van der Waals surface area contributed by atoms with Gasteiger partial charge in [-0.3, -0.25) is 0 Å². The maximum Gasteiger partial charge on any atom is 0.408 e. The van der Waals surface area contributed by atoms with E-state index in [1.165, 1.54) is 0 Å². The lowest BCUT2D eigenvalue weighted by atomic mass is 10.1. The molecule has 0 aliphatic rings. The highest BCUT2D eigenvalue weighted by atomic mass is 16.6. The molecule has 0 heterocycles. The number of hydrogen-bond donors (Lipinski definition) is 2. The van der Waals surface area contributed by atoms with Crippen LogP contribution >= 0.6 is 0 Å². The van der Waals surface area contributed by atoms with Gasteiger partial charge in [-0.25, -0.2) is 4.79 Å². The Hall–Kier alpha value is -1.85. The average molecular weight is 321 g/mol. The molecule has 128 valence electrons. The zero-order chi connectivity index (χ0) is 17.3. The Morgan fingerprint density at radius 1 is 1.35 bits per heavy atom. The van der Waals surface area contributed by atoms with Gasteiger partial charge < -0.3 is 19.9 Å². The van der Waals surface area contributed by atoms with E-state index in [9.17, 15) is 9.90 Å². The third-order valence-corrected chi connectivity index (χ3v) is 3.05. The smallest absolute Gasteiger partial charge is 0.408 e. The van der Waals surface area contributed by atoms with Gasteiger partial charge in [0, 0.05) is 0 Å². The third-order valence-electron chi connectivity index (χ3n) is 3.05. The van der Waals surface area contributed by atoms with E-state index < -0.39 is 17.7 Å². The van der Waals surface area contributed by atoms with Gasteiger partial charge in [0.2, 0.25) is 0 Å². The van der Waals surface area contributed by atoms with Gasteiger partial charge in [-0.05, 0) is 32.8 Å². The van der Waals surface area contributed by atoms with E-state index in [0.717, 1.165) is 5.56 Å². The molecule has 0 aromatic heterocycles. The normalized spacial score (nSPS) is 13.9. The Bertz CT molecular complexity index is 482. The highest BCUT2D eigenvalue weighted by Crippen LogP contribution is 2.12. The first-order valence-corrected chi connectivity index (χ1v) is 7.72. The summed E-state index contributed by atoms with van der Waals surface area (Å²) in [5.41, 5.74) is 0.429. The van der Waals surface area contributed by atoms with Crippen LogP contribution in [0.1, 0.15) is 32.8 Å². The summed E-state index contributed by atoms with van der Waals surface area (Å²) >= 11 is 0. The average Bonchev–Trinajstić information content (AvgIpc) is 2.48. The van der Waals surface area contributed by atoms with Gasteiger partial charge in [0.1, 0.15) is 5.60 Å². The number of ether oxygens (including phenoxy) is 2. The zero-order valence-electron chi connectivity index (χ0n) is 14.1. The molecule has 0 fully saturated rings. The van der Waals surface area contributed by atoms with Crippen molar-refractivity contribution in [3.05, 3.63) is 48.6 Å². The van der Waals surface area contributed by atoms with Crippen LogP contribution in [0.15, 0.2) is 43.0 Å². The van der Waals surface area contributed by atoms with Crippen molar-refractivity contribution in [3.63, 3.8) is 0 Å². The molecule has 1 amide bonds. The van der Waals surface area contributed by atoms with Gasteiger partial charge >= 0.3 is 6.09 Å². The fourth-order valence-corrected chi connectivity index (χ4v) is 2.01. The Labute approximate surface area is 138 Å². The van der Waals surface area contributed by atoms with Crippen molar-refractivity contribution in [2.75, 3.05) is 6.61 Å². The van der Waals surface area contributed by atoms with E-state index in [1.807, 2.05) is 30.3 Å². The fourth-order valence-electron chi connectivity index (χ4n) is 2.01. The molecule has 5 heteroatoms. The molecule has 2 atom stereocenters. The molecule has 1 aromatic carbocycles. The van der Waals surface area contributed by atoms with Crippen LogP contribution in [0.4, 0.5) is 4.79 Å². The van der Waals surface area contributed by atoms with Crippen molar-refractivity contribution in [1.82, 2.24) is 5.32 Å². The molecule has 1 aromatic rings. The Morgan fingerprint density at radius 2 is 2.00 bits per heavy atom. The standard InChI is InChI=1S/C18H27NO4/c1-5-9-16(22-13-14-10-7-6-8-11-14)15(12-20)19-17(21)23-18(2,3)4/h5-8,10-11,15-16,20H,1,9,12-13H2,2-4H3,(H,19,21)/t15-,16-/m1/s1. The third kappa shape index (κ3) is 7.81. The maximum absolute atomic E-state index is 11.9. The highest BCUT2D eigenvalue weighted by Gasteiger charge is 2.25. The predicted molar refractivity (Wildman–Crippen MR) is 90.1 cm³/mol. The van der Waals surface area contributed by atoms with E-state index in [4.69, 9.17) is 9.47 Å². The number of carbonyl (C=O) groups is 1. The first kappa shape index (κ1) is 19.2. The van der Waals surface area contributed by atoms with Crippen LogP contribution in [0.25, 0.3) is 0 Å². The van der Waals surface area contributed by atoms with E-state index >= 15 is 0 Å². The lowest BCUT2D eigenvalue weighted by molar-refractivity contribution is -0.00533. The number of benzene rings is 1. The van der Waals surface area contributed by atoms with Crippen molar-refractivity contribution in [3.8, 4) is 0 Å². The summed E-state index contributed by atoms with van der Waals surface area (Å²) in [6.07, 6.45) is 1.25. The number of rotatable bonds is 8. The topological polar surface area (TPSA) is 67.8 Å². The molecule has 0 saturated carbocycles. The summed E-state index contributed by atoms with van der Waals surface area (Å²) in [6.45, 7) is 9.21. The zero-order valence-corrected chi connectivity index (χ0v) is 14.1. The van der Waals surface area contributed by atoms with Gasteiger partial charge in [-0.15, -0.1) is 6.58 Å². The number of aliphatic hydroxyl groups excluding tert-OH is 1. The number of alkyl carbamates (subject to hydrolysis) is 1. The lowest BCUT2D eigenvalue weighted by Crippen LogP contribution is -2.48. The molecule has 1 rings (SSSR count). The van der Waals surface area contributed by atoms with Crippen LogP contribution in [0.2, 0.25) is 0 Å². The van der Waals surface area contributed by atoms with Crippen molar-refractivity contribution in [1.29, 1.82) is 0 Å². The van der Waals surface area contributed by atoms with E-state index in [-0.39, 0.29) is 12.7 Å². The van der Waals surface area contributed by atoms with Crippen LogP contribution in [0.3, 0.4) is 0 Å². The van der Waals surface area contributed by atoms with Crippen LogP contribution in [0.5, 0.6) is 0 Å².